The maximum atomic E-state index is 13.0. The molecule has 1 aliphatic carbocycles. The molecule has 4 nitrogen and oxygen atoms in total. The van der Waals surface area contributed by atoms with Gasteiger partial charge in [0, 0.05) is 17.6 Å². The minimum Gasteiger partial charge on any atom is -0.351 e. The number of nitrogens with one attached hydrogen (secondary N) is 2. The van der Waals surface area contributed by atoms with E-state index in [0.29, 0.717) is 0 Å². The lowest BCUT2D eigenvalue weighted by Gasteiger charge is -2.29. The summed E-state index contributed by atoms with van der Waals surface area (Å²) in [6.07, 6.45) is 3.83. The van der Waals surface area contributed by atoms with E-state index in [9.17, 15) is 9.59 Å². The van der Waals surface area contributed by atoms with Crippen LogP contribution in [-0.4, -0.2) is 17.4 Å². The van der Waals surface area contributed by atoms with Gasteiger partial charge in [-0.1, -0.05) is 18.9 Å². The lowest BCUT2D eigenvalue weighted by molar-refractivity contribution is -0.133. The molecule has 0 saturated heterocycles. The number of anilines is 1. The second-order valence-corrected chi connectivity index (χ2v) is 8.29. The Hall–Kier alpha value is -1.84. The lowest BCUT2D eigenvalue weighted by Crippen LogP contribution is -2.45. The first-order chi connectivity index (χ1) is 11.1. The first-order valence-electron chi connectivity index (χ1n) is 8.80. The topological polar surface area (TPSA) is 58.2 Å². The summed E-state index contributed by atoms with van der Waals surface area (Å²) in [7, 11) is 0. The van der Waals surface area contributed by atoms with Crippen LogP contribution in [0.2, 0.25) is 0 Å². The van der Waals surface area contributed by atoms with E-state index in [2.05, 4.69) is 16.7 Å². The maximum Gasteiger partial charge on any atom is 0.231 e. The van der Waals surface area contributed by atoms with E-state index in [-0.39, 0.29) is 23.8 Å². The van der Waals surface area contributed by atoms with E-state index >= 15 is 0 Å². The lowest BCUT2D eigenvalue weighted by atomic mass is 9.81. The van der Waals surface area contributed by atoms with Crippen molar-refractivity contribution < 1.29 is 9.59 Å². The fourth-order valence-electron chi connectivity index (χ4n) is 3.62. The molecule has 1 fully saturated rings. The van der Waals surface area contributed by atoms with Crippen molar-refractivity contribution in [3.8, 4) is 0 Å². The van der Waals surface area contributed by atoms with E-state index < -0.39 is 5.41 Å². The zero-order valence-corrected chi connectivity index (χ0v) is 15.6. The SMILES string of the molecule is Cc1cc(C)cc(NC(=O)C2(CC(=O)NC(C)(C)C)CCCC2)c1. The number of aryl methyl sites for hydroxylation is 2. The Labute approximate surface area is 145 Å². The van der Waals surface area contributed by atoms with Gasteiger partial charge >= 0.3 is 0 Å². The molecular weight excluding hydrogens is 300 g/mol. The number of carbonyl (C=O) groups excluding carboxylic acids is 2. The summed E-state index contributed by atoms with van der Waals surface area (Å²) in [6, 6.07) is 6.03. The molecule has 0 heterocycles. The summed E-state index contributed by atoms with van der Waals surface area (Å²) < 4.78 is 0. The predicted octanol–water partition coefficient (Wildman–Crippen LogP) is 4.11. The minimum atomic E-state index is -0.576. The van der Waals surface area contributed by atoms with Crippen molar-refractivity contribution in [3.05, 3.63) is 29.3 Å². The third-order valence-corrected chi connectivity index (χ3v) is 4.54. The van der Waals surface area contributed by atoms with Crippen LogP contribution in [0.1, 0.15) is 64.0 Å². The molecule has 1 aromatic rings. The molecule has 0 spiro atoms. The zero-order valence-electron chi connectivity index (χ0n) is 15.6. The summed E-state index contributed by atoms with van der Waals surface area (Å²) in [6.45, 7) is 9.92. The molecule has 2 amide bonds. The molecule has 24 heavy (non-hydrogen) atoms. The Morgan fingerprint density at radius 3 is 2.08 bits per heavy atom. The van der Waals surface area contributed by atoms with Crippen LogP contribution in [0, 0.1) is 19.3 Å². The maximum absolute atomic E-state index is 13.0. The van der Waals surface area contributed by atoms with Gasteiger partial charge in [0.25, 0.3) is 0 Å². The van der Waals surface area contributed by atoms with E-state index in [1.807, 2.05) is 46.8 Å². The molecule has 2 rings (SSSR count). The second kappa shape index (κ2) is 6.96. The molecule has 0 aromatic heterocycles. The average molecular weight is 330 g/mol. The van der Waals surface area contributed by atoms with E-state index in [1.54, 1.807) is 0 Å². The van der Waals surface area contributed by atoms with Gasteiger partial charge in [0.05, 0.1) is 5.41 Å². The van der Waals surface area contributed by atoms with E-state index in [4.69, 9.17) is 0 Å². The number of carbonyl (C=O) groups is 2. The van der Waals surface area contributed by atoms with Gasteiger partial charge in [-0.25, -0.2) is 0 Å². The van der Waals surface area contributed by atoms with Crippen LogP contribution in [-0.2, 0) is 9.59 Å². The van der Waals surface area contributed by atoms with Crippen molar-refractivity contribution in [1.82, 2.24) is 5.32 Å². The standard InChI is InChI=1S/C20H30N2O2/c1-14-10-15(2)12-16(11-14)21-18(24)20(8-6-7-9-20)13-17(23)22-19(3,4)5/h10-12H,6-9,13H2,1-5H3,(H,21,24)(H,22,23). The largest absolute Gasteiger partial charge is 0.351 e. The minimum absolute atomic E-state index is 0.0194. The number of benzene rings is 1. The number of rotatable bonds is 4. The van der Waals surface area contributed by atoms with Gasteiger partial charge in [0.2, 0.25) is 11.8 Å². The number of amides is 2. The van der Waals surface area contributed by atoms with Gasteiger partial charge < -0.3 is 10.6 Å². The first kappa shape index (κ1) is 18.5. The molecule has 132 valence electrons. The van der Waals surface area contributed by atoms with Gasteiger partial charge in [0.15, 0.2) is 0 Å². The van der Waals surface area contributed by atoms with E-state index in [1.165, 1.54) is 0 Å². The normalized spacial score (nSPS) is 16.7. The summed E-state index contributed by atoms with van der Waals surface area (Å²) >= 11 is 0. The van der Waals surface area contributed by atoms with Crippen molar-refractivity contribution in [1.29, 1.82) is 0 Å². The van der Waals surface area contributed by atoms with Crippen LogP contribution in [0.5, 0.6) is 0 Å². The number of hydrogen-bond acceptors (Lipinski definition) is 2. The molecular formula is C20H30N2O2. The van der Waals surface area contributed by atoms with Crippen LogP contribution >= 0.6 is 0 Å². The zero-order chi connectivity index (χ0) is 18.0. The quantitative estimate of drug-likeness (QED) is 0.873. The van der Waals surface area contributed by atoms with Gasteiger partial charge in [0.1, 0.15) is 0 Å². The van der Waals surface area contributed by atoms with Crippen LogP contribution in [0.25, 0.3) is 0 Å². The van der Waals surface area contributed by atoms with Gasteiger partial charge in [-0.05, 0) is 70.7 Å². The van der Waals surface area contributed by atoms with Crippen LogP contribution in [0.4, 0.5) is 5.69 Å². The molecule has 2 N–H and O–H groups in total. The highest BCUT2D eigenvalue weighted by Crippen LogP contribution is 2.42. The summed E-state index contributed by atoms with van der Waals surface area (Å²) in [5, 5.41) is 6.04. The van der Waals surface area contributed by atoms with E-state index in [0.717, 1.165) is 42.5 Å². The summed E-state index contributed by atoms with van der Waals surface area (Å²) in [4.78, 5) is 25.4. The van der Waals surface area contributed by atoms with Crippen molar-refractivity contribution in [3.63, 3.8) is 0 Å². The van der Waals surface area contributed by atoms with Gasteiger partial charge in [-0.15, -0.1) is 0 Å². The Morgan fingerprint density at radius 2 is 1.58 bits per heavy atom. The van der Waals surface area contributed by atoms with Crippen LogP contribution in [0.3, 0.4) is 0 Å². The third-order valence-electron chi connectivity index (χ3n) is 4.54. The molecule has 0 bridgehead atoms. The average Bonchev–Trinajstić information content (AvgIpc) is 2.84. The number of hydrogen-bond donors (Lipinski definition) is 2. The van der Waals surface area contributed by atoms with Crippen LogP contribution in [0.15, 0.2) is 18.2 Å². The van der Waals surface area contributed by atoms with Crippen molar-refractivity contribution in [2.75, 3.05) is 5.32 Å². The Bertz CT molecular complexity index is 603. The predicted molar refractivity (Wildman–Crippen MR) is 98.0 cm³/mol. The van der Waals surface area contributed by atoms with Crippen molar-refractivity contribution in [2.24, 2.45) is 5.41 Å². The molecule has 0 unspecified atom stereocenters. The third kappa shape index (κ3) is 4.83. The first-order valence-corrected chi connectivity index (χ1v) is 8.80. The smallest absolute Gasteiger partial charge is 0.231 e. The molecule has 0 atom stereocenters. The Morgan fingerprint density at radius 1 is 1.04 bits per heavy atom. The highest BCUT2D eigenvalue weighted by atomic mass is 16.2. The molecule has 0 aliphatic heterocycles. The Balaban J connectivity index is 2.14. The fourth-order valence-corrected chi connectivity index (χ4v) is 3.62. The fraction of sp³-hybridized carbons (Fsp3) is 0.600. The highest BCUT2D eigenvalue weighted by Gasteiger charge is 2.43. The van der Waals surface area contributed by atoms with Crippen molar-refractivity contribution in [2.45, 2.75) is 72.3 Å². The molecule has 0 radical (unpaired) electrons. The van der Waals surface area contributed by atoms with Crippen LogP contribution < -0.4 is 10.6 Å². The van der Waals surface area contributed by atoms with Gasteiger partial charge in [-0.2, -0.15) is 0 Å². The van der Waals surface area contributed by atoms with Crippen molar-refractivity contribution >= 4 is 17.5 Å². The summed E-state index contributed by atoms with van der Waals surface area (Å²) in [5.74, 6) is -0.0611. The molecule has 1 saturated carbocycles. The highest BCUT2D eigenvalue weighted by molar-refractivity contribution is 5.98. The molecule has 1 aromatic carbocycles. The summed E-state index contributed by atoms with van der Waals surface area (Å²) in [5.41, 5.74) is 2.21. The monoisotopic (exact) mass is 330 g/mol. The second-order valence-electron chi connectivity index (χ2n) is 8.29. The van der Waals surface area contributed by atoms with Gasteiger partial charge in [-0.3, -0.25) is 9.59 Å². The molecule has 4 heteroatoms. The molecule has 1 aliphatic rings. The Kier molecular flexibility index (Phi) is 5.36.